The Morgan fingerprint density at radius 2 is 2.19 bits per heavy atom. The zero-order valence-electron chi connectivity index (χ0n) is 11.9. The van der Waals surface area contributed by atoms with E-state index < -0.39 is 5.97 Å². The molecule has 0 amide bonds. The van der Waals surface area contributed by atoms with Gasteiger partial charge in [0.1, 0.15) is 5.69 Å². The molecule has 2 heterocycles. The normalized spacial score (nSPS) is 11.0. The lowest BCUT2D eigenvalue weighted by Crippen LogP contribution is -2.06. The summed E-state index contributed by atoms with van der Waals surface area (Å²) in [5.41, 5.74) is 1.82. The minimum absolute atomic E-state index is 0.240. The topological polar surface area (TPSA) is 81.3 Å². The highest BCUT2D eigenvalue weighted by Gasteiger charge is 2.11. The molecule has 0 aliphatic rings. The molecular formula is C15H16N2O4. The number of aromatic nitrogens is 2. The predicted molar refractivity (Wildman–Crippen MR) is 77.5 cm³/mol. The molecule has 6 nitrogen and oxygen atoms in total. The number of pyridine rings is 1. The first-order valence-electron chi connectivity index (χ1n) is 6.66. The van der Waals surface area contributed by atoms with Gasteiger partial charge < -0.3 is 14.5 Å². The molecular weight excluding hydrogens is 272 g/mol. The second kappa shape index (κ2) is 6.69. The Morgan fingerprint density at radius 1 is 1.38 bits per heavy atom. The van der Waals surface area contributed by atoms with E-state index in [1.54, 1.807) is 38.4 Å². The van der Waals surface area contributed by atoms with Gasteiger partial charge in [0.25, 0.3) is 0 Å². The molecule has 0 spiro atoms. The minimum atomic E-state index is -0.465. The summed E-state index contributed by atoms with van der Waals surface area (Å²) in [5.74, 6) is -0.770. The molecule has 0 aliphatic heterocycles. The Labute approximate surface area is 121 Å². The van der Waals surface area contributed by atoms with Crippen molar-refractivity contribution in [2.24, 2.45) is 0 Å². The highest BCUT2D eigenvalue weighted by Crippen LogP contribution is 2.20. The van der Waals surface area contributed by atoms with Gasteiger partial charge in [-0.3, -0.25) is 4.79 Å². The van der Waals surface area contributed by atoms with Crippen LogP contribution in [0.1, 0.15) is 36.3 Å². The molecule has 0 fully saturated rings. The average molecular weight is 288 g/mol. The summed E-state index contributed by atoms with van der Waals surface area (Å²) < 4.78 is 9.81. The van der Waals surface area contributed by atoms with Crippen molar-refractivity contribution in [3.63, 3.8) is 0 Å². The molecule has 2 rings (SSSR count). The lowest BCUT2D eigenvalue weighted by atomic mass is 10.2. The zero-order valence-corrected chi connectivity index (χ0v) is 11.9. The monoisotopic (exact) mass is 288 g/mol. The highest BCUT2D eigenvalue weighted by atomic mass is 16.5. The van der Waals surface area contributed by atoms with Crippen LogP contribution in [0.2, 0.25) is 0 Å². The van der Waals surface area contributed by atoms with Crippen LogP contribution in [0.15, 0.2) is 24.7 Å². The van der Waals surface area contributed by atoms with Gasteiger partial charge in [-0.15, -0.1) is 0 Å². The number of nitrogens with one attached hydrogen (secondary N) is 1. The maximum atomic E-state index is 11.7. The Morgan fingerprint density at radius 3 is 2.90 bits per heavy atom. The molecule has 21 heavy (non-hydrogen) atoms. The summed E-state index contributed by atoms with van der Waals surface area (Å²) in [4.78, 5) is 29.8. The first kappa shape index (κ1) is 14.8. The summed E-state index contributed by atoms with van der Waals surface area (Å²) >= 11 is 0. The van der Waals surface area contributed by atoms with Gasteiger partial charge in [0, 0.05) is 23.6 Å². The standard InChI is InChI=1S/C15H16N2O4/c1-3-14(18)21-6-5-10-8-16-13-9-17-12(7-11(10)13)15(19)20-4-2/h5-9,16H,3-4H2,1-2H3/b6-5+. The lowest BCUT2D eigenvalue weighted by Gasteiger charge is -2.01. The molecule has 0 atom stereocenters. The van der Waals surface area contributed by atoms with Crippen LogP contribution in [0, 0.1) is 0 Å². The number of nitrogens with zero attached hydrogens (tertiary/aromatic N) is 1. The van der Waals surface area contributed by atoms with Crippen molar-refractivity contribution in [3.05, 3.63) is 36.0 Å². The van der Waals surface area contributed by atoms with E-state index in [-0.39, 0.29) is 11.7 Å². The molecule has 1 N–H and O–H groups in total. The first-order valence-corrected chi connectivity index (χ1v) is 6.66. The number of hydrogen-bond donors (Lipinski definition) is 1. The highest BCUT2D eigenvalue weighted by molar-refractivity contribution is 5.95. The molecule has 0 saturated heterocycles. The fraction of sp³-hybridized carbons (Fsp3) is 0.267. The Bertz CT molecular complexity index is 688. The predicted octanol–water partition coefficient (Wildman–Crippen LogP) is 2.66. The third kappa shape index (κ3) is 3.47. The van der Waals surface area contributed by atoms with Gasteiger partial charge in [0.05, 0.1) is 24.6 Å². The summed E-state index contributed by atoms with van der Waals surface area (Å²) in [6, 6.07) is 1.64. The fourth-order valence-electron chi connectivity index (χ4n) is 1.76. The maximum Gasteiger partial charge on any atom is 0.356 e. The molecule has 110 valence electrons. The van der Waals surface area contributed by atoms with Crippen molar-refractivity contribution in [2.75, 3.05) is 6.61 Å². The van der Waals surface area contributed by atoms with Gasteiger partial charge in [-0.1, -0.05) is 6.92 Å². The van der Waals surface area contributed by atoms with E-state index >= 15 is 0 Å². The van der Waals surface area contributed by atoms with Gasteiger partial charge >= 0.3 is 11.9 Å². The number of H-pyrrole nitrogens is 1. The SMILES string of the molecule is CCOC(=O)c1cc2c(/C=C/OC(=O)CC)c[nH]c2cn1. The Hall–Kier alpha value is -2.63. The fourth-order valence-corrected chi connectivity index (χ4v) is 1.76. The molecule has 0 unspecified atom stereocenters. The van der Waals surface area contributed by atoms with E-state index in [1.165, 1.54) is 6.26 Å². The molecule has 0 aliphatic carbocycles. The summed E-state index contributed by atoms with van der Waals surface area (Å²) in [6.45, 7) is 3.76. The molecule has 0 aromatic carbocycles. The van der Waals surface area contributed by atoms with Crippen LogP contribution < -0.4 is 0 Å². The lowest BCUT2D eigenvalue weighted by molar-refractivity contribution is -0.137. The number of ether oxygens (including phenoxy) is 2. The molecule has 2 aromatic heterocycles. The number of fused-ring (bicyclic) bond motifs is 1. The molecule has 0 bridgehead atoms. The van der Waals surface area contributed by atoms with E-state index in [9.17, 15) is 9.59 Å². The third-order valence-electron chi connectivity index (χ3n) is 2.82. The van der Waals surface area contributed by atoms with E-state index in [4.69, 9.17) is 9.47 Å². The number of esters is 2. The molecule has 0 saturated carbocycles. The van der Waals surface area contributed by atoms with Crippen LogP contribution in [-0.4, -0.2) is 28.5 Å². The zero-order chi connectivity index (χ0) is 15.2. The van der Waals surface area contributed by atoms with Crippen molar-refractivity contribution >= 4 is 28.9 Å². The second-order valence-electron chi connectivity index (χ2n) is 4.23. The van der Waals surface area contributed by atoms with Crippen LogP contribution in [0.25, 0.3) is 17.0 Å². The van der Waals surface area contributed by atoms with E-state index in [0.717, 1.165) is 16.5 Å². The third-order valence-corrected chi connectivity index (χ3v) is 2.82. The summed E-state index contributed by atoms with van der Waals surface area (Å²) in [6.07, 6.45) is 6.62. The second-order valence-corrected chi connectivity index (χ2v) is 4.23. The van der Waals surface area contributed by atoms with Gasteiger partial charge in [-0.25, -0.2) is 9.78 Å². The van der Waals surface area contributed by atoms with E-state index in [2.05, 4.69) is 9.97 Å². The molecule has 6 heteroatoms. The van der Waals surface area contributed by atoms with Crippen LogP contribution in [0.4, 0.5) is 0 Å². The van der Waals surface area contributed by atoms with E-state index in [0.29, 0.717) is 13.0 Å². The van der Waals surface area contributed by atoms with Crippen LogP contribution in [-0.2, 0) is 14.3 Å². The average Bonchev–Trinajstić information content (AvgIpc) is 2.89. The van der Waals surface area contributed by atoms with Crippen molar-refractivity contribution in [3.8, 4) is 0 Å². The maximum absolute atomic E-state index is 11.7. The molecule has 0 radical (unpaired) electrons. The number of carbonyl (C=O) groups is 2. The van der Waals surface area contributed by atoms with E-state index in [1.807, 2.05) is 0 Å². The van der Waals surface area contributed by atoms with Gasteiger partial charge in [-0.2, -0.15) is 0 Å². The van der Waals surface area contributed by atoms with Crippen LogP contribution >= 0.6 is 0 Å². The Balaban J connectivity index is 2.26. The van der Waals surface area contributed by atoms with Crippen LogP contribution in [0.3, 0.4) is 0 Å². The van der Waals surface area contributed by atoms with Crippen molar-refractivity contribution in [1.29, 1.82) is 0 Å². The number of carbonyl (C=O) groups excluding carboxylic acids is 2. The largest absolute Gasteiger partial charge is 0.461 e. The Kier molecular flexibility index (Phi) is 4.71. The molecule has 2 aromatic rings. The summed E-state index contributed by atoms with van der Waals surface area (Å²) in [5, 5.41) is 0.803. The number of aromatic amines is 1. The summed E-state index contributed by atoms with van der Waals surface area (Å²) in [7, 11) is 0. The van der Waals surface area contributed by atoms with Gasteiger partial charge in [0.2, 0.25) is 0 Å². The smallest absolute Gasteiger partial charge is 0.356 e. The first-order chi connectivity index (χ1) is 10.2. The van der Waals surface area contributed by atoms with Crippen molar-refractivity contribution in [2.45, 2.75) is 20.3 Å². The van der Waals surface area contributed by atoms with Crippen LogP contribution in [0.5, 0.6) is 0 Å². The van der Waals surface area contributed by atoms with Crippen molar-refractivity contribution < 1.29 is 19.1 Å². The van der Waals surface area contributed by atoms with Gasteiger partial charge in [0.15, 0.2) is 0 Å². The van der Waals surface area contributed by atoms with Crippen molar-refractivity contribution in [1.82, 2.24) is 9.97 Å². The number of hydrogen-bond acceptors (Lipinski definition) is 5. The minimum Gasteiger partial charge on any atom is -0.461 e. The number of rotatable bonds is 5. The quantitative estimate of drug-likeness (QED) is 0.675. The van der Waals surface area contributed by atoms with Gasteiger partial charge in [-0.05, 0) is 19.1 Å².